The first-order valence-electron chi connectivity index (χ1n) is 7.48. The van der Waals surface area contributed by atoms with E-state index in [4.69, 9.17) is 32.4 Å². The van der Waals surface area contributed by atoms with Crippen LogP contribution in [0, 0.1) is 10.2 Å². The summed E-state index contributed by atoms with van der Waals surface area (Å²) in [5.41, 5.74) is 0. The number of halogens is 1. The van der Waals surface area contributed by atoms with Crippen molar-refractivity contribution in [2.75, 3.05) is 20.3 Å². The Kier molecular flexibility index (Phi) is 18.5. The summed E-state index contributed by atoms with van der Waals surface area (Å²) in [6, 6.07) is 13.5. The Labute approximate surface area is 178 Å². The molecule has 11 heteroatoms. The fourth-order valence-corrected chi connectivity index (χ4v) is 2.67. The van der Waals surface area contributed by atoms with Crippen molar-refractivity contribution in [1.29, 1.82) is 0 Å². The fourth-order valence-electron chi connectivity index (χ4n) is 1.44. The van der Waals surface area contributed by atoms with E-state index in [1.807, 2.05) is 56.3 Å². The standard InChI is InChI=1S/C11H17O3P.C5H5N.Au.ClHO4/c1-4-13-15(14-5-2)11-8-6-10(12-3)7-9-11;1-2-4-6-5-3-1;;2-1(3,4)5/h6-9H,4-5H2,1-3H3;1-5H;;(H,2,3,4,5)/q;;+1;/p-1. The van der Waals surface area contributed by atoms with Crippen molar-refractivity contribution in [3.05, 3.63) is 54.9 Å². The fraction of sp³-hybridized carbons (Fsp3) is 0.312. The number of pyridine rings is 1. The minimum Gasteiger partial charge on any atom is -0.497 e. The second-order valence-electron chi connectivity index (χ2n) is 4.19. The van der Waals surface area contributed by atoms with Gasteiger partial charge in [0.2, 0.25) is 8.38 Å². The number of ether oxygens (including phenoxy) is 1. The van der Waals surface area contributed by atoms with E-state index in [0.29, 0.717) is 13.2 Å². The molecule has 0 saturated carbocycles. The van der Waals surface area contributed by atoms with Gasteiger partial charge in [-0.25, -0.2) is 18.6 Å². The first-order valence-corrected chi connectivity index (χ1v) is 9.89. The number of hydrogen-bond acceptors (Lipinski definition) is 8. The Balaban J connectivity index is 0. The van der Waals surface area contributed by atoms with Crippen molar-refractivity contribution in [2.45, 2.75) is 13.8 Å². The molecule has 0 atom stereocenters. The molecule has 0 spiro atoms. The molecular formula is C16H22AuClNO7P. The molecule has 8 nitrogen and oxygen atoms in total. The molecular weight excluding hydrogens is 582 g/mol. The van der Waals surface area contributed by atoms with Gasteiger partial charge in [0.05, 0.1) is 20.3 Å². The number of methoxy groups -OCH3 is 1. The van der Waals surface area contributed by atoms with E-state index in [1.165, 1.54) is 0 Å². The molecule has 0 saturated heterocycles. The van der Waals surface area contributed by atoms with E-state index in [2.05, 4.69) is 4.98 Å². The van der Waals surface area contributed by atoms with Gasteiger partial charge in [0.25, 0.3) is 0 Å². The van der Waals surface area contributed by atoms with Crippen LogP contribution in [0.25, 0.3) is 0 Å². The summed E-state index contributed by atoms with van der Waals surface area (Å²) >= 11 is 0. The van der Waals surface area contributed by atoms with Gasteiger partial charge in [0.15, 0.2) is 0 Å². The average molecular weight is 604 g/mol. The number of rotatable bonds is 6. The van der Waals surface area contributed by atoms with Crippen molar-refractivity contribution >= 4 is 13.7 Å². The largest absolute Gasteiger partial charge is 1.00 e. The van der Waals surface area contributed by atoms with Crippen molar-refractivity contribution in [2.24, 2.45) is 0 Å². The number of nitrogens with zero attached hydrogens (tertiary/aromatic N) is 1. The molecule has 2 rings (SSSR count). The predicted octanol–water partition coefficient (Wildman–Crippen LogP) is -0.971. The average Bonchev–Trinajstić information content (AvgIpc) is 2.62. The van der Waals surface area contributed by atoms with E-state index >= 15 is 0 Å². The van der Waals surface area contributed by atoms with E-state index in [1.54, 1.807) is 19.5 Å². The van der Waals surface area contributed by atoms with Crippen molar-refractivity contribution in [3.8, 4) is 5.75 Å². The van der Waals surface area contributed by atoms with Crippen molar-refractivity contribution in [3.63, 3.8) is 0 Å². The second-order valence-corrected chi connectivity index (χ2v) is 6.50. The SMILES string of the molecule is CCOP(OCC)c1ccc(OC)cc1.[Au+].[O-][Cl+3]([O-])([O-])[O-].c1ccncc1. The van der Waals surface area contributed by atoms with Gasteiger partial charge in [0, 0.05) is 17.7 Å². The molecule has 0 N–H and O–H groups in total. The topological polar surface area (TPSA) is 133 Å². The Morgan fingerprint density at radius 2 is 1.33 bits per heavy atom. The third-order valence-electron chi connectivity index (χ3n) is 2.34. The summed E-state index contributed by atoms with van der Waals surface area (Å²) in [6.45, 7) is 5.27. The zero-order valence-corrected chi connectivity index (χ0v) is 18.9. The molecule has 27 heavy (non-hydrogen) atoms. The monoisotopic (exact) mass is 603 g/mol. The van der Waals surface area contributed by atoms with E-state index in [-0.39, 0.29) is 22.4 Å². The van der Waals surface area contributed by atoms with Crippen LogP contribution in [0.15, 0.2) is 54.9 Å². The van der Waals surface area contributed by atoms with Crippen LogP contribution in [0.1, 0.15) is 13.8 Å². The summed E-state index contributed by atoms with van der Waals surface area (Å²) in [7, 11) is -4.22. The van der Waals surface area contributed by atoms with Crippen LogP contribution < -0.4 is 28.7 Å². The predicted molar refractivity (Wildman–Crippen MR) is 87.0 cm³/mol. The molecule has 0 aliphatic carbocycles. The van der Waals surface area contributed by atoms with Gasteiger partial charge >= 0.3 is 22.4 Å². The second kappa shape index (κ2) is 17.5. The molecule has 0 bridgehead atoms. The maximum absolute atomic E-state index is 8.49. The first-order chi connectivity index (χ1) is 12.3. The Morgan fingerprint density at radius 3 is 1.59 bits per heavy atom. The van der Waals surface area contributed by atoms with Crippen LogP contribution >= 0.6 is 8.38 Å². The van der Waals surface area contributed by atoms with Gasteiger partial charge in [0.1, 0.15) is 5.75 Å². The Hall–Kier alpha value is -0.610. The molecule has 1 heterocycles. The van der Waals surface area contributed by atoms with Crippen LogP contribution in [-0.4, -0.2) is 25.3 Å². The minimum absolute atomic E-state index is 0. The van der Waals surface area contributed by atoms with E-state index in [9.17, 15) is 0 Å². The van der Waals surface area contributed by atoms with E-state index < -0.39 is 18.6 Å². The van der Waals surface area contributed by atoms with Gasteiger partial charge in [-0.15, -0.1) is 10.2 Å². The third kappa shape index (κ3) is 18.5. The molecule has 1 aromatic carbocycles. The normalized spacial score (nSPS) is 9.93. The van der Waals surface area contributed by atoms with Crippen molar-refractivity contribution < 1.29 is 65.0 Å². The van der Waals surface area contributed by atoms with Gasteiger partial charge in [-0.2, -0.15) is 0 Å². The van der Waals surface area contributed by atoms with Crippen LogP contribution in [0.5, 0.6) is 5.75 Å². The number of benzene rings is 1. The first kappa shape index (κ1) is 28.6. The summed E-state index contributed by atoms with van der Waals surface area (Å²) in [5, 5.41) is 1.08. The smallest absolute Gasteiger partial charge is 0.497 e. The van der Waals surface area contributed by atoms with E-state index in [0.717, 1.165) is 11.1 Å². The molecule has 0 amide bonds. The molecule has 1 aromatic heterocycles. The summed E-state index contributed by atoms with van der Waals surface area (Å²) in [4.78, 5) is 3.78. The molecule has 156 valence electrons. The minimum atomic E-state index is -4.94. The quantitative estimate of drug-likeness (QED) is 0.304. The van der Waals surface area contributed by atoms with Gasteiger partial charge in [-0.3, -0.25) is 4.98 Å². The zero-order valence-electron chi connectivity index (χ0n) is 15.0. The van der Waals surface area contributed by atoms with Crippen LogP contribution in [0.2, 0.25) is 0 Å². The number of aromatic nitrogens is 1. The van der Waals surface area contributed by atoms with Crippen molar-refractivity contribution in [1.82, 2.24) is 4.98 Å². The Bertz CT molecular complexity index is 522. The summed E-state index contributed by atoms with van der Waals surface area (Å²) in [5.74, 6) is 0.849. The Morgan fingerprint density at radius 1 is 0.889 bits per heavy atom. The number of hydrogen-bond donors (Lipinski definition) is 0. The summed E-state index contributed by atoms with van der Waals surface area (Å²) < 4.78 is 50.2. The molecule has 0 aliphatic heterocycles. The van der Waals surface area contributed by atoms with Crippen LogP contribution in [0.3, 0.4) is 0 Å². The molecule has 2 aromatic rings. The van der Waals surface area contributed by atoms with Gasteiger partial charge in [-0.05, 0) is 50.2 Å². The molecule has 0 fully saturated rings. The molecule has 0 unspecified atom stereocenters. The molecule has 0 radical (unpaired) electrons. The zero-order chi connectivity index (χ0) is 19.8. The summed E-state index contributed by atoms with van der Waals surface area (Å²) in [6.07, 6.45) is 3.50. The van der Waals surface area contributed by atoms with Gasteiger partial charge < -0.3 is 13.8 Å². The van der Waals surface area contributed by atoms with Crippen LogP contribution in [0.4, 0.5) is 0 Å². The maximum atomic E-state index is 8.49. The van der Waals surface area contributed by atoms with Crippen LogP contribution in [-0.2, 0) is 31.4 Å². The molecule has 0 aliphatic rings. The maximum Gasteiger partial charge on any atom is 1.00 e. The van der Waals surface area contributed by atoms with Gasteiger partial charge in [-0.1, -0.05) is 6.07 Å². The third-order valence-corrected chi connectivity index (χ3v) is 4.05.